The van der Waals surface area contributed by atoms with E-state index in [1.54, 1.807) is 4.90 Å². The van der Waals surface area contributed by atoms with E-state index in [9.17, 15) is 14.7 Å². The maximum absolute atomic E-state index is 12.2. The molecule has 0 spiro atoms. The Labute approximate surface area is 129 Å². The second-order valence-electron chi connectivity index (χ2n) is 5.88. The van der Waals surface area contributed by atoms with E-state index < -0.39 is 12.1 Å². The van der Waals surface area contributed by atoms with Crippen molar-refractivity contribution in [1.82, 2.24) is 5.32 Å². The van der Waals surface area contributed by atoms with Gasteiger partial charge in [-0.3, -0.25) is 14.5 Å². The minimum Gasteiger partial charge on any atom is -0.486 e. The van der Waals surface area contributed by atoms with Gasteiger partial charge in [-0.05, 0) is 25.0 Å². The normalized spacial score (nSPS) is 29.9. The molecule has 3 rings (SSSR count). The van der Waals surface area contributed by atoms with Gasteiger partial charge in [-0.2, -0.15) is 0 Å². The molecule has 2 amide bonds. The predicted octanol–water partition coefficient (Wildman–Crippen LogP) is 0.829. The van der Waals surface area contributed by atoms with E-state index in [4.69, 9.17) is 4.74 Å². The van der Waals surface area contributed by atoms with Crippen LogP contribution in [0.4, 0.5) is 5.69 Å². The molecule has 1 heterocycles. The van der Waals surface area contributed by atoms with E-state index in [-0.39, 0.29) is 24.0 Å². The van der Waals surface area contributed by atoms with Gasteiger partial charge in [0, 0.05) is 13.8 Å². The van der Waals surface area contributed by atoms with Crippen LogP contribution in [0.5, 0.6) is 5.75 Å². The van der Waals surface area contributed by atoms with Crippen molar-refractivity contribution in [2.75, 3.05) is 4.90 Å². The number of fused-ring (bicyclic) bond motifs is 2. The fraction of sp³-hybridized carbons (Fsp3) is 0.500. The second-order valence-corrected chi connectivity index (χ2v) is 5.88. The highest BCUT2D eigenvalue weighted by Crippen LogP contribution is 2.40. The first-order chi connectivity index (χ1) is 10.5. The van der Waals surface area contributed by atoms with Crippen molar-refractivity contribution in [3.8, 4) is 5.75 Å². The van der Waals surface area contributed by atoms with Crippen LogP contribution in [0, 0.1) is 0 Å². The highest BCUT2D eigenvalue weighted by atomic mass is 16.5. The van der Waals surface area contributed by atoms with Crippen LogP contribution in [0.2, 0.25) is 0 Å². The number of aliphatic hydroxyl groups is 1. The van der Waals surface area contributed by atoms with Crippen LogP contribution in [-0.4, -0.2) is 41.2 Å². The summed E-state index contributed by atoms with van der Waals surface area (Å²) in [6.07, 6.45) is 0.166. The first-order valence-electron chi connectivity index (χ1n) is 7.49. The van der Waals surface area contributed by atoms with E-state index in [1.165, 1.54) is 13.8 Å². The number of amides is 2. The van der Waals surface area contributed by atoms with Crippen molar-refractivity contribution < 1.29 is 19.4 Å². The molecule has 0 saturated heterocycles. The molecule has 1 aliphatic carbocycles. The summed E-state index contributed by atoms with van der Waals surface area (Å²) >= 11 is 0. The van der Waals surface area contributed by atoms with Gasteiger partial charge in [-0.1, -0.05) is 12.1 Å². The van der Waals surface area contributed by atoms with Crippen LogP contribution in [0.15, 0.2) is 24.3 Å². The van der Waals surface area contributed by atoms with Gasteiger partial charge >= 0.3 is 0 Å². The zero-order valence-electron chi connectivity index (χ0n) is 12.7. The Morgan fingerprint density at radius 1 is 1.27 bits per heavy atom. The monoisotopic (exact) mass is 304 g/mol. The lowest BCUT2D eigenvalue weighted by atomic mass is 9.83. The third kappa shape index (κ3) is 2.43. The third-order valence-corrected chi connectivity index (χ3v) is 4.33. The van der Waals surface area contributed by atoms with Crippen LogP contribution in [0.3, 0.4) is 0 Å². The summed E-state index contributed by atoms with van der Waals surface area (Å²) in [7, 11) is 0. The number of hydrogen-bond acceptors (Lipinski definition) is 4. The number of benzene rings is 1. The molecule has 6 heteroatoms. The molecule has 1 aromatic rings. The largest absolute Gasteiger partial charge is 0.486 e. The zero-order valence-corrected chi connectivity index (χ0v) is 12.7. The highest BCUT2D eigenvalue weighted by molar-refractivity contribution is 5.94. The molecule has 0 radical (unpaired) electrons. The number of hydrogen-bond donors (Lipinski definition) is 2. The van der Waals surface area contributed by atoms with Crippen molar-refractivity contribution in [2.24, 2.45) is 0 Å². The minimum atomic E-state index is -0.861. The Bertz CT molecular complexity index is 604. The lowest BCUT2D eigenvalue weighted by Gasteiger charge is -2.48. The second kappa shape index (κ2) is 5.61. The maximum atomic E-state index is 12.2. The van der Waals surface area contributed by atoms with Gasteiger partial charge in [-0.25, -0.2) is 0 Å². The van der Waals surface area contributed by atoms with Crippen molar-refractivity contribution in [2.45, 2.75) is 51.0 Å². The van der Waals surface area contributed by atoms with Crippen LogP contribution in [-0.2, 0) is 9.59 Å². The van der Waals surface area contributed by atoms with Crippen molar-refractivity contribution >= 4 is 17.5 Å². The molecule has 2 N–H and O–H groups in total. The minimum absolute atomic E-state index is 0.145. The predicted molar refractivity (Wildman–Crippen MR) is 80.7 cm³/mol. The van der Waals surface area contributed by atoms with Gasteiger partial charge in [0.25, 0.3) is 0 Å². The quantitative estimate of drug-likeness (QED) is 0.805. The molecule has 0 bridgehead atoms. The maximum Gasteiger partial charge on any atom is 0.224 e. The Kier molecular flexibility index (Phi) is 3.78. The van der Waals surface area contributed by atoms with Crippen LogP contribution >= 0.6 is 0 Å². The Balaban J connectivity index is 1.97. The highest BCUT2D eigenvalue weighted by Gasteiger charge is 2.48. The first-order valence-corrected chi connectivity index (χ1v) is 7.49. The smallest absolute Gasteiger partial charge is 0.224 e. The summed E-state index contributed by atoms with van der Waals surface area (Å²) in [6.45, 7) is 2.90. The lowest BCUT2D eigenvalue weighted by Crippen LogP contribution is -2.65. The van der Waals surface area contributed by atoms with E-state index in [2.05, 4.69) is 5.32 Å². The molecule has 22 heavy (non-hydrogen) atoms. The Hall–Kier alpha value is -2.08. The molecule has 0 aromatic heterocycles. The number of anilines is 1. The molecule has 4 atom stereocenters. The summed E-state index contributed by atoms with van der Waals surface area (Å²) in [4.78, 5) is 25.1. The molecule has 1 fully saturated rings. The number of carbonyl (C=O) groups excluding carboxylic acids is 2. The Morgan fingerprint density at radius 2 is 2.00 bits per heavy atom. The molecule has 1 aliphatic heterocycles. The van der Waals surface area contributed by atoms with Gasteiger partial charge in [0.2, 0.25) is 11.8 Å². The number of nitrogens with one attached hydrogen (secondary N) is 1. The summed E-state index contributed by atoms with van der Waals surface area (Å²) in [5.41, 5.74) is 0.666. The van der Waals surface area contributed by atoms with Gasteiger partial charge in [0.05, 0.1) is 17.8 Å². The number of rotatable bonds is 1. The fourth-order valence-electron chi connectivity index (χ4n) is 3.47. The van der Waals surface area contributed by atoms with Gasteiger partial charge < -0.3 is 15.2 Å². The lowest BCUT2D eigenvalue weighted by molar-refractivity contribution is -0.122. The van der Waals surface area contributed by atoms with E-state index in [0.717, 1.165) is 0 Å². The molecule has 2 aliphatic rings. The van der Waals surface area contributed by atoms with Crippen molar-refractivity contribution in [3.63, 3.8) is 0 Å². The third-order valence-electron chi connectivity index (χ3n) is 4.33. The molecule has 118 valence electrons. The van der Waals surface area contributed by atoms with E-state index in [1.807, 2.05) is 24.3 Å². The van der Waals surface area contributed by atoms with Gasteiger partial charge in [0.15, 0.2) is 0 Å². The number of aliphatic hydroxyl groups excluding tert-OH is 1. The van der Waals surface area contributed by atoms with Crippen LogP contribution < -0.4 is 15.0 Å². The molecular formula is C16H20N2O4. The molecule has 0 unspecified atom stereocenters. The number of carbonyl (C=O) groups is 2. The van der Waals surface area contributed by atoms with Crippen LogP contribution in [0.25, 0.3) is 0 Å². The fourth-order valence-corrected chi connectivity index (χ4v) is 3.47. The molecule has 1 saturated carbocycles. The van der Waals surface area contributed by atoms with Gasteiger partial charge in [-0.15, -0.1) is 0 Å². The summed E-state index contributed by atoms with van der Waals surface area (Å²) in [6, 6.07) is 6.47. The summed E-state index contributed by atoms with van der Waals surface area (Å²) in [5, 5.41) is 13.4. The number of ether oxygens (including phenoxy) is 1. The van der Waals surface area contributed by atoms with Crippen molar-refractivity contribution in [1.29, 1.82) is 0 Å². The summed E-state index contributed by atoms with van der Waals surface area (Å²) in [5.74, 6) is 0.325. The number of nitrogens with zero attached hydrogens (tertiary/aromatic N) is 1. The molecular weight excluding hydrogens is 284 g/mol. The topological polar surface area (TPSA) is 78.9 Å². The first kappa shape index (κ1) is 14.8. The average molecular weight is 304 g/mol. The van der Waals surface area contributed by atoms with E-state index >= 15 is 0 Å². The Morgan fingerprint density at radius 3 is 2.68 bits per heavy atom. The number of para-hydroxylation sites is 2. The summed E-state index contributed by atoms with van der Waals surface area (Å²) < 4.78 is 5.97. The standard InChI is InChI=1S/C16H20N2O4/c1-9(19)17-11-7-8-14-15(16(11)21)18(10(2)20)12-5-3-4-6-13(12)22-14/h3-6,11,14-16,21H,7-8H2,1-2H3,(H,17,19)/t11-,14-,15-,16-/m1/s1. The zero-order chi connectivity index (χ0) is 15.9. The SMILES string of the molecule is CC(=O)N[C@@H]1CC[C@H]2Oc3ccccc3N(C(C)=O)[C@H]2[C@@H]1O. The molecule has 6 nitrogen and oxygen atoms in total. The van der Waals surface area contributed by atoms with Gasteiger partial charge in [0.1, 0.15) is 17.9 Å². The van der Waals surface area contributed by atoms with Crippen molar-refractivity contribution in [3.05, 3.63) is 24.3 Å². The molecule has 1 aromatic carbocycles. The average Bonchev–Trinajstić information content (AvgIpc) is 2.47. The van der Waals surface area contributed by atoms with Crippen LogP contribution in [0.1, 0.15) is 26.7 Å². The van der Waals surface area contributed by atoms with E-state index in [0.29, 0.717) is 24.3 Å².